The van der Waals surface area contributed by atoms with Crippen molar-refractivity contribution < 1.29 is 9.18 Å². The third kappa shape index (κ3) is 2.54. The summed E-state index contributed by atoms with van der Waals surface area (Å²) in [6.45, 7) is 2.20. The first-order chi connectivity index (χ1) is 9.66. The van der Waals surface area contributed by atoms with Gasteiger partial charge in [-0.2, -0.15) is 0 Å². The molecule has 20 heavy (non-hydrogen) atoms. The summed E-state index contributed by atoms with van der Waals surface area (Å²) in [7, 11) is 0. The van der Waals surface area contributed by atoms with Crippen LogP contribution in [0.1, 0.15) is 24.8 Å². The van der Waals surface area contributed by atoms with Gasteiger partial charge in [0.05, 0.1) is 5.02 Å². The molecule has 0 aliphatic carbocycles. The first-order valence-electron chi connectivity index (χ1n) is 7.10. The summed E-state index contributed by atoms with van der Waals surface area (Å²) in [4.78, 5) is 14.1. The highest BCUT2D eigenvalue weighted by molar-refractivity contribution is 6.30. The lowest BCUT2D eigenvalue weighted by molar-refractivity contribution is -0.140. The molecule has 2 saturated heterocycles. The molecule has 2 fully saturated rings. The lowest BCUT2D eigenvalue weighted by Crippen LogP contribution is -2.54. The van der Waals surface area contributed by atoms with Crippen molar-refractivity contribution in [1.29, 1.82) is 0 Å². The Bertz CT molecular complexity index is 523. The fraction of sp³-hybridized carbons (Fsp3) is 0.533. The van der Waals surface area contributed by atoms with Crippen molar-refractivity contribution in [3.05, 3.63) is 34.6 Å². The van der Waals surface area contributed by atoms with Gasteiger partial charge in [0, 0.05) is 24.6 Å². The highest BCUT2D eigenvalue weighted by atomic mass is 35.5. The van der Waals surface area contributed by atoms with E-state index in [1.54, 1.807) is 12.1 Å². The number of rotatable bonds is 2. The van der Waals surface area contributed by atoms with Crippen LogP contribution >= 0.6 is 11.6 Å². The number of amides is 1. The summed E-state index contributed by atoms with van der Waals surface area (Å²) in [5, 5.41) is 3.49. The van der Waals surface area contributed by atoms with Crippen LogP contribution in [-0.4, -0.2) is 29.9 Å². The van der Waals surface area contributed by atoms with Crippen LogP contribution in [0.25, 0.3) is 0 Å². The second kappa shape index (κ2) is 5.70. The van der Waals surface area contributed by atoms with Crippen LogP contribution in [-0.2, 0) is 11.3 Å². The maximum atomic E-state index is 14.0. The minimum Gasteiger partial charge on any atom is -0.335 e. The molecule has 2 aliphatic rings. The molecule has 1 aromatic carbocycles. The van der Waals surface area contributed by atoms with Crippen molar-refractivity contribution >= 4 is 17.5 Å². The zero-order valence-corrected chi connectivity index (χ0v) is 12.0. The molecule has 2 atom stereocenters. The molecule has 2 unspecified atom stereocenters. The third-order valence-electron chi connectivity index (χ3n) is 4.39. The highest BCUT2D eigenvalue weighted by Crippen LogP contribution is 2.30. The van der Waals surface area contributed by atoms with E-state index in [2.05, 4.69) is 5.32 Å². The molecular weight excluding hydrogens is 279 g/mol. The first-order valence-corrected chi connectivity index (χ1v) is 7.47. The van der Waals surface area contributed by atoms with Crippen LogP contribution in [0.2, 0.25) is 5.02 Å². The standard InChI is InChI=1S/C15H18ClFN2O/c16-12-3-1-2-11(15(12)17)9-19-13-6-7-18-8-10(13)4-5-14(19)20/h1-3,10,13,18H,4-9H2. The number of piperidine rings is 2. The fourth-order valence-electron chi connectivity index (χ4n) is 3.31. The number of carbonyl (C=O) groups is 1. The largest absolute Gasteiger partial charge is 0.335 e. The molecule has 0 saturated carbocycles. The number of likely N-dealkylation sites (tertiary alicyclic amines) is 1. The van der Waals surface area contributed by atoms with Crippen LogP contribution in [0, 0.1) is 11.7 Å². The van der Waals surface area contributed by atoms with E-state index >= 15 is 0 Å². The Kier molecular flexibility index (Phi) is 3.94. The second-order valence-electron chi connectivity index (χ2n) is 5.59. The number of hydrogen-bond donors (Lipinski definition) is 1. The van der Waals surface area contributed by atoms with Gasteiger partial charge in [0.2, 0.25) is 5.91 Å². The average Bonchev–Trinajstić information content (AvgIpc) is 2.46. The number of nitrogens with one attached hydrogen (secondary N) is 1. The molecule has 2 aliphatic heterocycles. The van der Waals surface area contributed by atoms with Crippen molar-refractivity contribution in [2.75, 3.05) is 13.1 Å². The molecule has 0 bridgehead atoms. The van der Waals surface area contributed by atoms with Crippen LogP contribution in [0.4, 0.5) is 4.39 Å². The normalized spacial score (nSPS) is 26.5. The fourth-order valence-corrected chi connectivity index (χ4v) is 3.50. The molecule has 0 spiro atoms. The minimum absolute atomic E-state index is 0.119. The Hall–Kier alpha value is -1.13. The lowest BCUT2D eigenvalue weighted by Gasteiger charge is -2.44. The number of halogens is 2. The van der Waals surface area contributed by atoms with Gasteiger partial charge in [0.25, 0.3) is 0 Å². The van der Waals surface area contributed by atoms with E-state index in [0.29, 0.717) is 24.4 Å². The maximum Gasteiger partial charge on any atom is 0.223 e. The van der Waals surface area contributed by atoms with Gasteiger partial charge in [-0.15, -0.1) is 0 Å². The summed E-state index contributed by atoms with van der Waals surface area (Å²) in [6.07, 6.45) is 2.44. The summed E-state index contributed by atoms with van der Waals surface area (Å²) >= 11 is 5.82. The number of nitrogens with zero attached hydrogens (tertiary/aromatic N) is 1. The van der Waals surface area contributed by atoms with Gasteiger partial charge in [-0.25, -0.2) is 4.39 Å². The molecule has 0 radical (unpaired) electrons. The summed E-state index contributed by atoms with van der Waals surface area (Å²) in [6, 6.07) is 5.20. The molecule has 3 rings (SSSR count). The maximum absolute atomic E-state index is 14.0. The Balaban J connectivity index is 1.83. The number of benzene rings is 1. The molecule has 108 valence electrons. The van der Waals surface area contributed by atoms with Crippen LogP contribution in [0.3, 0.4) is 0 Å². The lowest BCUT2D eigenvalue weighted by atomic mass is 9.84. The van der Waals surface area contributed by atoms with Gasteiger partial charge in [-0.3, -0.25) is 4.79 Å². The molecule has 1 aromatic rings. The number of carbonyl (C=O) groups excluding carboxylic acids is 1. The SMILES string of the molecule is O=C1CCC2CNCCC2N1Cc1cccc(Cl)c1F. The van der Waals surface area contributed by atoms with Gasteiger partial charge in [0.1, 0.15) is 5.82 Å². The van der Waals surface area contributed by atoms with Crippen molar-refractivity contribution in [3.8, 4) is 0 Å². The van der Waals surface area contributed by atoms with E-state index in [1.165, 1.54) is 6.07 Å². The van der Waals surface area contributed by atoms with Crippen LogP contribution in [0.5, 0.6) is 0 Å². The Labute approximate surface area is 123 Å². The summed E-state index contributed by atoms with van der Waals surface area (Å²) in [5.41, 5.74) is 0.505. The average molecular weight is 297 g/mol. The monoisotopic (exact) mass is 296 g/mol. The predicted octanol–water partition coefficient (Wildman–Crippen LogP) is 2.58. The Morgan fingerprint density at radius 3 is 3.10 bits per heavy atom. The second-order valence-corrected chi connectivity index (χ2v) is 6.00. The highest BCUT2D eigenvalue weighted by Gasteiger charge is 2.37. The van der Waals surface area contributed by atoms with Crippen molar-refractivity contribution in [1.82, 2.24) is 10.2 Å². The van der Waals surface area contributed by atoms with Gasteiger partial charge in [-0.1, -0.05) is 23.7 Å². The molecular formula is C15H18ClFN2O. The van der Waals surface area contributed by atoms with Gasteiger partial charge in [0.15, 0.2) is 0 Å². The molecule has 2 heterocycles. The number of fused-ring (bicyclic) bond motifs is 1. The number of hydrogen-bond acceptors (Lipinski definition) is 2. The smallest absolute Gasteiger partial charge is 0.223 e. The van der Waals surface area contributed by atoms with E-state index in [4.69, 9.17) is 11.6 Å². The predicted molar refractivity (Wildman–Crippen MR) is 76.0 cm³/mol. The topological polar surface area (TPSA) is 32.3 Å². The van der Waals surface area contributed by atoms with E-state index in [1.807, 2.05) is 4.90 Å². The van der Waals surface area contributed by atoms with Crippen molar-refractivity contribution in [2.24, 2.45) is 5.92 Å². The first kappa shape index (κ1) is 13.8. The van der Waals surface area contributed by atoms with Crippen LogP contribution in [0.15, 0.2) is 18.2 Å². The van der Waals surface area contributed by atoms with E-state index in [9.17, 15) is 9.18 Å². The molecule has 5 heteroatoms. The third-order valence-corrected chi connectivity index (χ3v) is 4.68. The quantitative estimate of drug-likeness (QED) is 0.910. The summed E-state index contributed by atoms with van der Waals surface area (Å²) in [5.74, 6) is 0.217. The van der Waals surface area contributed by atoms with Crippen molar-refractivity contribution in [2.45, 2.75) is 31.8 Å². The Morgan fingerprint density at radius 2 is 2.25 bits per heavy atom. The zero-order chi connectivity index (χ0) is 14.1. The molecule has 1 amide bonds. The molecule has 3 nitrogen and oxygen atoms in total. The summed E-state index contributed by atoms with van der Waals surface area (Å²) < 4.78 is 14.0. The minimum atomic E-state index is -0.405. The molecule has 1 N–H and O–H groups in total. The van der Waals surface area contributed by atoms with E-state index < -0.39 is 5.82 Å². The van der Waals surface area contributed by atoms with Crippen LogP contribution < -0.4 is 5.32 Å². The van der Waals surface area contributed by atoms with Gasteiger partial charge in [-0.05, 0) is 37.9 Å². The van der Waals surface area contributed by atoms with Gasteiger partial charge < -0.3 is 10.2 Å². The van der Waals surface area contributed by atoms with Gasteiger partial charge >= 0.3 is 0 Å². The molecule has 0 aromatic heterocycles. The van der Waals surface area contributed by atoms with E-state index in [-0.39, 0.29) is 17.0 Å². The zero-order valence-electron chi connectivity index (χ0n) is 11.2. The van der Waals surface area contributed by atoms with E-state index in [0.717, 1.165) is 25.9 Å². The Morgan fingerprint density at radius 1 is 1.40 bits per heavy atom. The van der Waals surface area contributed by atoms with Crippen molar-refractivity contribution in [3.63, 3.8) is 0 Å².